The maximum absolute atomic E-state index is 13.8. The Balaban J connectivity index is 0.00000210. The van der Waals surface area contributed by atoms with Crippen LogP contribution in [0.3, 0.4) is 0 Å². The van der Waals surface area contributed by atoms with Crippen LogP contribution in [0.5, 0.6) is 0 Å². The molecule has 4 rings (SSSR count). The van der Waals surface area contributed by atoms with E-state index < -0.39 is 15.8 Å². The number of hydrogen-bond donors (Lipinski definition) is 1. The SMILES string of the molecule is Cc1ccc(S(=O)(=O)n2cc(C3CCNCC3)c3cc(F)cnc32)cc1.Cl. The maximum Gasteiger partial charge on any atom is 0.269 e. The smallest absolute Gasteiger partial charge is 0.269 e. The molecule has 0 amide bonds. The first kappa shape index (κ1) is 19.8. The average Bonchev–Trinajstić information content (AvgIpc) is 3.02. The van der Waals surface area contributed by atoms with Crippen molar-refractivity contribution in [2.45, 2.75) is 30.6 Å². The molecule has 1 aliphatic heterocycles. The molecule has 0 radical (unpaired) electrons. The van der Waals surface area contributed by atoms with Gasteiger partial charge >= 0.3 is 0 Å². The zero-order valence-electron chi connectivity index (χ0n) is 14.9. The van der Waals surface area contributed by atoms with Crippen LogP contribution in [0.4, 0.5) is 4.39 Å². The standard InChI is InChI=1S/C19H20FN3O2S.ClH/c1-13-2-4-16(5-3-13)26(24,25)23-12-18(14-6-8-21-9-7-14)17-10-15(20)11-22-19(17)23;/h2-5,10-12,14,21H,6-9H2,1H3;1H. The van der Waals surface area contributed by atoms with Gasteiger partial charge in [0, 0.05) is 11.6 Å². The van der Waals surface area contributed by atoms with Crippen molar-refractivity contribution in [3.05, 3.63) is 59.7 Å². The summed E-state index contributed by atoms with van der Waals surface area (Å²) in [5.41, 5.74) is 2.11. The van der Waals surface area contributed by atoms with Crippen LogP contribution in [-0.2, 0) is 10.0 Å². The van der Waals surface area contributed by atoms with Crippen molar-refractivity contribution in [3.63, 3.8) is 0 Å². The molecule has 0 aliphatic carbocycles. The molecule has 0 unspecified atom stereocenters. The van der Waals surface area contributed by atoms with Crippen molar-refractivity contribution in [3.8, 4) is 0 Å². The van der Waals surface area contributed by atoms with E-state index in [1.807, 2.05) is 6.92 Å². The van der Waals surface area contributed by atoms with E-state index in [0.717, 1.165) is 43.3 Å². The van der Waals surface area contributed by atoms with Gasteiger partial charge in [-0.3, -0.25) is 0 Å². The highest BCUT2D eigenvalue weighted by Crippen LogP contribution is 2.34. The summed E-state index contributed by atoms with van der Waals surface area (Å²) in [5.74, 6) is -0.269. The van der Waals surface area contributed by atoms with Crippen molar-refractivity contribution >= 4 is 33.5 Å². The summed E-state index contributed by atoms with van der Waals surface area (Å²) in [6.45, 7) is 3.64. The Bertz CT molecular complexity index is 1060. The van der Waals surface area contributed by atoms with Crippen LogP contribution in [0.2, 0.25) is 0 Å². The van der Waals surface area contributed by atoms with E-state index in [2.05, 4.69) is 10.3 Å². The number of aryl methyl sites for hydroxylation is 1. The summed E-state index contributed by atoms with van der Waals surface area (Å²) in [7, 11) is -3.80. The Kier molecular flexibility index (Phi) is 5.55. The van der Waals surface area contributed by atoms with E-state index in [4.69, 9.17) is 0 Å². The second kappa shape index (κ2) is 7.58. The Morgan fingerprint density at radius 2 is 1.85 bits per heavy atom. The average molecular weight is 410 g/mol. The normalized spacial score (nSPS) is 15.6. The van der Waals surface area contributed by atoms with Gasteiger partial charge in [0.15, 0.2) is 5.65 Å². The third kappa shape index (κ3) is 3.59. The number of fused-ring (bicyclic) bond motifs is 1. The van der Waals surface area contributed by atoms with Gasteiger partial charge in [0.05, 0.1) is 11.1 Å². The molecule has 144 valence electrons. The minimum absolute atomic E-state index is 0. The molecule has 0 saturated carbocycles. The number of benzene rings is 1. The molecule has 0 spiro atoms. The van der Waals surface area contributed by atoms with E-state index in [9.17, 15) is 12.8 Å². The zero-order chi connectivity index (χ0) is 18.3. The van der Waals surface area contributed by atoms with Crippen LogP contribution in [0.25, 0.3) is 11.0 Å². The van der Waals surface area contributed by atoms with Gasteiger partial charge in [0.2, 0.25) is 0 Å². The van der Waals surface area contributed by atoms with E-state index in [1.165, 1.54) is 10.0 Å². The van der Waals surface area contributed by atoms with E-state index in [-0.39, 0.29) is 28.9 Å². The van der Waals surface area contributed by atoms with Crippen molar-refractivity contribution < 1.29 is 12.8 Å². The number of nitrogens with zero attached hydrogens (tertiary/aromatic N) is 2. The van der Waals surface area contributed by atoms with Crippen LogP contribution in [0, 0.1) is 12.7 Å². The predicted octanol–water partition coefficient (Wildman–Crippen LogP) is 3.61. The number of rotatable bonds is 3. The minimum atomic E-state index is -3.80. The Labute approximate surface area is 164 Å². The molecule has 1 aliphatic rings. The number of aromatic nitrogens is 2. The van der Waals surface area contributed by atoms with Gasteiger partial charge in [-0.2, -0.15) is 0 Å². The van der Waals surface area contributed by atoms with Gasteiger partial charge < -0.3 is 5.32 Å². The van der Waals surface area contributed by atoms with Crippen LogP contribution in [0.1, 0.15) is 29.9 Å². The summed E-state index contributed by atoms with van der Waals surface area (Å²) in [6, 6.07) is 8.09. The summed E-state index contributed by atoms with van der Waals surface area (Å²) >= 11 is 0. The fourth-order valence-electron chi connectivity index (χ4n) is 3.54. The topological polar surface area (TPSA) is 64.0 Å². The van der Waals surface area contributed by atoms with Gasteiger partial charge in [-0.25, -0.2) is 21.8 Å². The summed E-state index contributed by atoms with van der Waals surface area (Å²) < 4.78 is 41.3. The fraction of sp³-hybridized carbons (Fsp3) is 0.316. The van der Waals surface area contributed by atoms with Crippen molar-refractivity contribution in [1.82, 2.24) is 14.3 Å². The lowest BCUT2D eigenvalue weighted by Gasteiger charge is -2.22. The molecule has 27 heavy (non-hydrogen) atoms. The molecule has 1 saturated heterocycles. The fourth-order valence-corrected chi connectivity index (χ4v) is 4.88. The predicted molar refractivity (Wildman–Crippen MR) is 106 cm³/mol. The lowest BCUT2D eigenvalue weighted by atomic mass is 9.90. The van der Waals surface area contributed by atoms with Crippen molar-refractivity contribution in [2.75, 3.05) is 13.1 Å². The molecule has 1 N–H and O–H groups in total. The van der Waals surface area contributed by atoms with Gasteiger partial charge in [0.25, 0.3) is 10.0 Å². The number of nitrogens with one attached hydrogen (secondary N) is 1. The highest BCUT2D eigenvalue weighted by atomic mass is 35.5. The lowest BCUT2D eigenvalue weighted by Crippen LogP contribution is -2.26. The number of piperidine rings is 1. The minimum Gasteiger partial charge on any atom is -0.317 e. The summed E-state index contributed by atoms with van der Waals surface area (Å²) in [6.07, 6.45) is 4.47. The molecule has 3 aromatic rings. The van der Waals surface area contributed by atoms with Crippen LogP contribution in [-0.4, -0.2) is 30.5 Å². The molecular formula is C19H21ClFN3O2S. The van der Waals surface area contributed by atoms with Crippen LogP contribution >= 0.6 is 12.4 Å². The second-order valence-electron chi connectivity index (χ2n) is 6.75. The first-order valence-corrected chi connectivity index (χ1v) is 10.1. The first-order valence-electron chi connectivity index (χ1n) is 8.66. The molecule has 0 bridgehead atoms. The van der Waals surface area contributed by atoms with Crippen LogP contribution in [0.15, 0.2) is 47.6 Å². The molecule has 0 atom stereocenters. The molecular weight excluding hydrogens is 389 g/mol. The highest BCUT2D eigenvalue weighted by molar-refractivity contribution is 7.90. The molecule has 1 aromatic carbocycles. The number of pyridine rings is 1. The quantitative estimate of drug-likeness (QED) is 0.717. The highest BCUT2D eigenvalue weighted by Gasteiger charge is 2.26. The van der Waals surface area contributed by atoms with Gasteiger partial charge in [-0.05, 0) is 62.5 Å². The van der Waals surface area contributed by atoms with Crippen molar-refractivity contribution in [1.29, 1.82) is 0 Å². The molecule has 1 fully saturated rings. The van der Waals surface area contributed by atoms with Crippen molar-refractivity contribution in [2.24, 2.45) is 0 Å². The molecule has 8 heteroatoms. The lowest BCUT2D eigenvalue weighted by molar-refractivity contribution is 0.462. The molecule has 5 nitrogen and oxygen atoms in total. The Hall–Kier alpha value is -1.96. The molecule has 3 heterocycles. The van der Waals surface area contributed by atoms with Gasteiger partial charge in [-0.15, -0.1) is 12.4 Å². The Morgan fingerprint density at radius 1 is 1.19 bits per heavy atom. The van der Waals surface area contributed by atoms with E-state index in [0.29, 0.717) is 5.39 Å². The summed E-state index contributed by atoms with van der Waals surface area (Å²) in [5, 5.41) is 3.87. The van der Waals surface area contributed by atoms with Gasteiger partial charge in [-0.1, -0.05) is 17.7 Å². The monoisotopic (exact) mass is 409 g/mol. The Morgan fingerprint density at radius 3 is 2.52 bits per heavy atom. The van der Waals surface area contributed by atoms with Crippen LogP contribution < -0.4 is 5.32 Å². The number of halogens is 2. The second-order valence-corrected chi connectivity index (χ2v) is 8.56. The molecule has 2 aromatic heterocycles. The van der Waals surface area contributed by atoms with E-state index >= 15 is 0 Å². The largest absolute Gasteiger partial charge is 0.317 e. The van der Waals surface area contributed by atoms with E-state index in [1.54, 1.807) is 30.5 Å². The third-order valence-electron chi connectivity index (χ3n) is 4.97. The third-order valence-corrected chi connectivity index (χ3v) is 6.63. The first-order chi connectivity index (χ1) is 12.5. The summed E-state index contributed by atoms with van der Waals surface area (Å²) in [4.78, 5) is 4.30. The van der Waals surface area contributed by atoms with Gasteiger partial charge in [0.1, 0.15) is 5.82 Å². The maximum atomic E-state index is 13.8. The number of hydrogen-bond acceptors (Lipinski definition) is 4. The zero-order valence-corrected chi connectivity index (χ0v) is 16.5.